The molecule has 0 N–H and O–H groups in total. The van der Waals surface area contributed by atoms with Crippen LogP contribution in [-0.2, 0) is 6.54 Å². The monoisotopic (exact) mass is 245 g/mol. The van der Waals surface area contributed by atoms with Gasteiger partial charge in [0.25, 0.3) is 0 Å². The molecule has 5 heteroatoms. The summed E-state index contributed by atoms with van der Waals surface area (Å²) in [6, 6.07) is 1.93. The van der Waals surface area contributed by atoms with E-state index in [1.807, 2.05) is 16.7 Å². The lowest BCUT2D eigenvalue weighted by molar-refractivity contribution is 0.131. The number of hydrogen-bond donors (Lipinski definition) is 0. The van der Waals surface area contributed by atoms with Crippen molar-refractivity contribution in [1.29, 1.82) is 0 Å². The number of likely N-dealkylation sites (N-methyl/N-ethyl adjacent to an activating group) is 1. The fourth-order valence-corrected chi connectivity index (χ4v) is 2.45. The minimum Gasteiger partial charge on any atom is -0.301 e. The Morgan fingerprint density at radius 3 is 2.67 bits per heavy atom. The third-order valence-electron chi connectivity index (χ3n) is 3.58. The van der Waals surface area contributed by atoms with Crippen LogP contribution >= 0.6 is 0 Å². The number of rotatable bonds is 3. The molecule has 3 rings (SSSR count). The second-order valence-corrected chi connectivity index (χ2v) is 4.77. The second kappa shape index (κ2) is 5.04. The molecule has 0 unspecified atom stereocenters. The molecule has 0 radical (unpaired) electrons. The molecule has 2 aromatic heterocycles. The molecule has 1 fully saturated rings. The zero-order valence-corrected chi connectivity index (χ0v) is 10.8. The maximum absolute atomic E-state index is 4.54. The highest BCUT2D eigenvalue weighted by Gasteiger charge is 2.16. The van der Waals surface area contributed by atoms with Crippen molar-refractivity contribution in [2.24, 2.45) is 0 Å². The minimum absolute atomic E-state index is 0.791. The first kappa shape index (κ1) is 11.6. The molecular formula is C13H19N5. The lowest BCUT2D eigenvalue weighted by Crippen LogP contribution is -2.45. The summed E-state index contributed by atoms with van der Waals surface area (Å²) in [6.07, 6.45) is 5.86. The fraction of sp³-hybridized carbons (Fsp3) is 0.538. The van der Waals surface area contributed by atoms with Crippen LogP contribution in [0.25, 0.3) is 5.78 Å². The van der Waals surface area contributed by atoms with E-state index in [1.165, 1.54) is 13.1 Å². The van der Waals surface area contributed by atoms with E-state index < -0.39 is 0 Å². The molecule has 0 spiro atoms. The largest absolute Gasteiger partial charge is 0.301 e. The molecule has 0 atom stereocenters. The first-order chi connectivity index (χ1) is 8.85. The Morgan fingerprint density at radius 1 is 1.17 bits per heavy atom. The minimum atomic E-state index is 0.791. The fourth-order valence-electron chi connectivity index (χ4n) is 2.45. The predicted molar refractivity (Wildman–Crippen MR) is 70.4 cm³/mol. The van der Waals surface area contributed by atoms with Gasteiger partial charge in [-0.15, -0.1) is 0 Å². The topological polar surface area (TPSA) is 36.7 Å². The van der Waals surface area contributed by atoms with Gasteiger partial charge in [-0.3, -0.25) is 9.30 Å². The van der Waals surface area contributed by atoms with Gasteiger partial charge in [-0.2, -0.15) is 0 Å². The quantitative estimate of drug-likeness (QED) is 0.804. The van der Waals surface area contributed by atoms with E-state index in [-0.39, 0.29) is 0 Å². The van der Waals surface area contributed by atoms with Crippen LogP contribution < -0.4 is 0 Å². The van der Waals surface area contributed by atoms with Gasteiger partial charge in [0.2, 0.25) is 5.78 Å². The van der Waals surface area contributed by atoms with Gasteiger partial charge in [-0.1, -0.05) is 6.92 Å². The van der Waals surface area contributed by atoms with E-state index in [1.54, 1.807) is 6.20 Å². The number of fused-ring (bicyclic) bond motifs is 1. The summed E-state index contributed by atoms with van der Waals surface area (Å²) < 4.78 is 1.98. The van der Waals surface area contributed by atoms with Crippen molar-refractivity contribution in [3.05, 3.63) is 30.4 Å². The van der Waals surface area contributed by atoms with Crippen molar-refractivity contribution in [1.82, 2.24) is 24.2 Å². The molecular weight excluding hydrogens is 226 g/mol. The summed E-state index contributed by atoms with van der Waals surface area (Å²) in [5.41, 5.74) is 1.11. The van der Waals surface area contributed by atoms with Crippen LogP contribution in [0.15, 0.2) is 24.7 Å². The smallest absolute Gasteiger partial charge is 0.233 e. The molecule has 5 nitrogen and oxygen atoms in total. The lowest BCUT2D eigenvalue weighted by atomic mass is 10.3. The number of piperazine rings is 1. The molecule has 0 aliphatic carbocycles. The van der Waals surface area contributed by atoms with Crippen LogP contribution in [0, 0.1) is 0 Å². The predicted octanol–water partition coefficient (Wildman–Crippen LogP) is 0.867. The van der Waals surface area contributed by atoms with Gasteiger partial charge in [0, 0.05) is 51.3 Å². The second-order valence-electron chi connectivity index (χ2n) is 4.77. The number of hydrogen-bond acceptors (Lipinski definition) is 4. The van der Waals surface area contributed by atoms with E-state index in [0.29, 0.717) is 0 Å². The molecule has 3 heterocycles. The lowest BCUT2D eigenvalue weighted by Gasteiger charge is -2.33. The van der Waals surface area contributed by atoms with Crippen LogP contribution in [0.4, 0.5) is 0 Å². The summed E-state index contributed by atoms with van der Waals surface area (Å²) in [4.78, 5) is 13.7. The van der Waals surface area contributed by atoms with E-state index in [4.69, 9.17) is 0 Å². The van der Waals surface area contributed by atoms with Crippen LogP contribution in [0.1, 0.15) is 12.6 Å². The average molecular weight is 245 g/mol. The SMILES string of the molecule is CCN1CCN(Cc2cn3cccnc3n2)CC1. The molecule has 0 aromatic carbocycles. The first-order valence-corrected chi connectivity index (χ1v) is 6.58. The summed E-state index contributed by atoms with van der Waals surface area (Å²) in [5.74, 6) is 0.791. The maximum atomic E-state index is 4.54. The molecule has 18 heavy (non-hydrogen) atoms. The zero-order chi connectivity index (χ0) is 12.4. The maximum Gasteiger partial charge on any atom is 0.233 e. The Hall–Kier alpha value is -1.46. The highest BCUT2D eigenvalue weighted by molar-refractivity contribution is 5.29. The number of nitrogens with zero attached hydrogens (tertiary/aromatic N) is 5. The Kier molecular flexibility index (Phi) is 3.25. The Bertz CT molecular complexity index is 480. The summed E-state index contributed by atoms with van der Waals surface area (Å²) in [6.45, 7) is 8.92. The van der Waals surface area contributed by atoms with Gasteiger partial charge in [-0.05, 0) is 12.6 Å². The van der Waals surface area contributed by atoms with Crippen molar-refractivity contribution < 1.29 is 0 Å². The summed E-state index contributed by atoms with van der Waals surface area (Å²) in [5, 5.41) is 0. The molecule has 2 aromatic rings. The molecule has 1 aliphatic heterocycles. The van der Waals surface area contributed by atoms with Gasteiger partial charge >= 0.3 is 0 Å². The average Bonchev–Trinajstić information content (AvgIpc) is 2.82. The third-order valence-corrected chi connectivity index (χ3v) is 3.58. The molecule has 0 saturated carbocycles. The van der Waals surface area contributed by atoms with E-state index in [9.17, 15) is 0 Å². The van der Waals surface area contributed by atoms with Gasteiger partial charge < -0.3 is 4.90 Å². The Balaban J connectivity index is 1.66. The highest BCUT2D eigenvalue weighted by atomic mass is 15.3. The number of aromatic nitrogens is 3. The van der Waals surface area contributed by atoms with Crippen molar-refractivity contribution >= 4 is 5.78 Å². The van der Waals surface area contributed by atoms with E-state index >= 15 is 0 Å². The molecule has 1 saturated heterocycles. The van der Waals surface area contributed by atoms with E-state index in [2.05, 4.69) is 32.9 Å². The first-order valence-electron chi connectivity index (χ1n) is 6.58. The molecule has 96 valence electrons. The normalized spacial score (nSPS) is 18.5. The van der Waals surface area contributed by atoms with Gasteiger partial charge in [-0.25, -0.2) is 9.97 Å². The van der Waals surface area contributed by atoms with Crippen LogP contribution in [-0.4, -0.2) is 56.9 Å². The van der Waals surface area contributed by atoms with Gasteiger partial charge in [0.05, 0.1) is 5.69 Å². The van der Waals surface area contributed by atoms with Crippen molar-refractivity contribution in [3.63, 3.8) is 0 Å². The Morgan fingerprint density at radius 2 is 1.94 bits per heavy atom. The van der Waals surface area contributed by atoms with Crippen LogP contribution in [0.2, 0.25) is 0 Å². The standard InChI is InChI=1S/C13H19N5/c1-2-16-6-8-17(9-7-16)10-12-11-18-5-3-4-14-13(18)15-12/h3-5,11H,2,6-10H2,1H3. The van der Waals surface area contributed by atoms with E-state index in [0.717, 1.165) is 37.7 Å². The van der Waals surface area contributed by atoms with Crippen molar-refractivity contribution in [2.75, 3.05) is 32.7 Å². The summed E-state index contributed by atoms with van der Waals surface area (Å²) in [7, 11) is 0. The van der Waals surface area contributed by atoms with Gasteiger partial charge in [0.1, 0.15) is 0 Å². The van der Waals surface area contributed by atoms with Gasteiger partial charge in [0.15, 0.2) is 0 Å². The summed E-state index contributed by atoms with van der Waals surface area (Å²) >= 11 is 0. The molecule has 1 aliphatic rings. The van der Waals surface area contributed by atoms with Crippen molar-refractivity contribution in [2.45, 2.75) is 13.5 Å². The van der Waals surface area contributed by atoms with Crippen molar-refractivity contribution in [3.8, 4) is 0 Å². The third kappa shape index (κ3) is 2.37. The zero-order valence-electron chi connectivity index (χ0n) is 10.8. The Labute approximate surface area is 107 Å². The molecule has 0 bridgehead atoms. The highest BCUT2D eigenvalue weighted by Crippen LogP contribution is 2.08. The number of imidazole rings is 1. The molecule has 0 amide bonds. The van der Waals surface area contributed by atoms with Crippen LogP contribution in [0.5, 0.6) is 0 Å². The van der Waals surface area contributed by atoms with Crippen LogP contribution in [0.3, 0.4) is 0 Å².